The summed E-state index contributed by atoms with van der Waals surface area (Å²) in [5.74, 6) is -1.14. The number of amides is 2. The number of nitrogens with zero attached hydrogens (tertiary/aromatic N) is 1. The molecule has 1 aliphatic heterocycles. The van der Waals surface area contributed by atoms with E-state index in [1.807, 2.05) is 24.3 Å². The van der Waals surface area contributed by atoms with Crippen molar-refractivity contribution in [1.29, 1.82) is 0 Å². The van der Waals surface area contributed by atoms with Crippen molar-refractivity contribution < 1.29 is 24.2 Å². The largest absolute Gasteiger partial charge is 0.478 e. The summed E-state index contributed by atoms with van der Waals surface area (Å²) in [6.07, 6.45) is 0.167. The Hall–Kier alpha value is -4.13. The fourth-order valence-corrected chi connectivity index (χ4v) is 5.06. The highest BCUT2D eigenvalue weighted by Gasteiger charge is 2.30. The van der Waals surface area contributed by atoms with Gasteiger partial charge in [-0.3, -0.25) is 4.79 Å². The lowest BCUT2D eigenvalue weighted by Gasteiger charge is -2.21. The molecule has 7 nitrogen and oxygen atoms in total. The third-order valence-corrected chi connectivity index (χ3v) is 6.71. The number of nitrogens with one attached hydrogen (secondary N) is 1. The molecule has 1 aliphatic carbocycles. The molecule has 0 saturated heterocycles. The van der Waals surface area contributed by atoms with Crippen LogP contribution in [0, 0.1) is 0 Å². The van der Waals surface area contributed by atoms with E-state index in [1.165, 1.54) is 6.07 Å². The van der Waals surface area contributed by atoms with Crippen LogP contribution in [0.15, 0.2) is 66.7 Å². The van der Waals surface area contributed by atoms with Crippen LogP contribution in [0.4, 0.5) is 10.5 Å². The highest BCUT2D eigenvalue weighted by Crippen LogP contribution is 2.44. The van der Waals surface area contributed by atoms with Crippen LogP contribution >= 0.6 is 0 Å². The number of hydrogen-bond acceptors (Lipinski definition) is 4. The minimum atomic E-state index is -0.988. The second-order valence-electron chi connectivity index (χ2n) is 9.02. The van der Waals surface area contributed by atoms with Gasteiger partial charge in [-0.25, -0.2) is 9.59 Å². The average Bonchev–Trinajstić information content (AvgIpc) is 3.41. The van der Waals surface area contributed by atoms with Gasteiger partial charge in [-0.05, 0) is 59.4 Å². The normalized spacial score (nSPS) is 14.6. The van der Waals surface area contributed by atoms with Gasteiger partial charge in [0.15, 0.2) is 0 Å². The van der Waals surface area contributed by atoms with Gasteiger partial charge in [-0.1, -0.05) is 48.5 Å². The van der Waals surface area contributed by atoms with E-state index >= 15 is 0 Å². The maximum Gasteiger partial charge on any atom is 0.407 e. The molecular formula is C28H26N2O5. The molecule has 0 aromatic heterocycles. The number of benzene rings is 3. The minimum absolute atomic E-state index is 0.0260. The molecule has 0 fully saturated rings. The van der Waals surface area contributed by atoms with Crippen molar-refractivity contribution in [3.63, 3.8) is 0 Å². The van der Waals surface area contributed by atoms with Crippen molar-refractivity contribution in [2.75, 3.05) is 18.1 Å². The Morgan fingerprint density at radius 1 is 1.03 bits per heavy atom. The Morgan fingerprint density at radius 2 is 1.69 bits per heavy atom. The summed E-state index contributed by atoms with van der Waals surface area (Å²) in [6.45, 7) is 2.48. The van der Waals surface area contributed by atoms with E-state index in [0.717, 1.165) is 33.5 Å². The SMILES string of the molecule is CC(CC(=O)N1CCc2cc(C(=O)O)ccc21)NC(=O)OCC1c2ccccc2-c2ccccc21. The molecular weight excluding hydrogens is 444 g/mol. The average molecular weight is 471 g/mol. The minimum Gasteiger partial charge on any atom is -0.478 e. The molecule has 1 unspecified atom stereocenters. The third-order valence-electron chi connectivity index (χ3n) is 6.71. The molecule has 5 rings (SSSR count). The summed E-state index contributed by atoms with van der Waals surface area (Å²) in [7, 11) is 0. The summed E-state index contributed by atoms with van der Waals surface area (Å²) in [6, 6.07) is 20.7. The molecule has 0 saturated carbocycles. The lowest BCUT2D eigenvalue weighted by molar-refractivity contribution is -0.118. The van der Waals surface area contributed by atoms with Crippen molar-refractivity contribution in [2.24, 2.45) is 0 Å². The maximum atomic E-state index is 12.9. The fourth-order valence-electron chi connectivity index (χ4n) is 5.06. The van der Waals surface area contributed by atoms with Crippen molar-refractivity contribution in [1.82, 2.24) is 5.32 Å². The Labute approximate surface area is 203 Å². The number of rotatable bonds is 6. The number of carbonyl (C=O) groups excluding carboxylic acids is 2. The number of anilines is 1. The van der Waals surface area contributed by atoms with Gasteiger partial charge in [0.2, 0.25) is 5.91 Å². The highest BCUT2D eigenvalue weighted by atomic mass is 16.5. The molecule has 2 N–H and O–H groups in total. The van der Waals surface area contributed by atoms with Crippen molar-refractivity contribution >= 4 is 23.7 Å². The van der Waals surface area contributed by atoms with Gasteiger partial charge in [0.05, 0.1) is 5.56 Å². The lowest BCUT2D eigenvalue weighted by Crippen LogP contribution is -2.39. The maximum absolute atomic E-state index is 12.9. The van der Waals surface area contributed by atoms with Crippen molar-refractivity contribution in [3.05, 3.63) is 89.0 Å². The zero-order chi connectivity index (χ0) is 24.5. The van der Waals surface area contributed by atoms with Crippen LogP contribution in [-0.4, -0.2) is 42.3 Å². The van der Waals surface area contributed by atoms with E-state index in [4.69, 9.17) is 4.74 Å². The number of carboxylic acids is 1. The zero-order valence-electron chi connectivity index (χ0n) is 19.4. The summed E-state index contributed by atoms with van der Waals surface area (Å²) in [4.78, 5) is 38.2. The monoisotopic (exact) mass is 470 g/mol. The van der Waals surface area contributed by atoms with Gasteiger partial charge in [-0.15, -0.1) is 0 Å². The van der Waals surface area contributed by atoms with E-state index in [2.05, 4.69) is 29.6 Å². The standard InChI is InChI=1S/C28H26N2O5/c1-17(14-26(31)30-13-12-18-15-19(27(32)33)10-11-25(18)30)29-28(34)35-16-24-22-8-4-2-6-20(22)21-7-3-5-9-23(21)24/h2-11,15,17,24H,12-14,16H2,1H3,(H,29,34)(H,32,33). The summed E-state index contributed by atoms with van der Waals surface area (Å²) >= 11 is 0. The highest BCUT2D eigenvalue weighted by molar-refractivity contribution is 5.97. The molecule has 0 radical (unpaired) electrons. The zero-order valence-corrected chi connectivity index (χ0v) is 19.4. The van der Waals surface area contributed by atoms with E-state index in [-0.39, 0.29) is 30.4 Å². The molecule has 7 heteroatoms. The molecule has 2 aliphatic rings. The van der Waals surface area contributed by atoms with Crippen LogP contribution in [0.1, 0.15) is 46.3 Å². The van der Waals surface area contributed by atoms with Gasteiger partial charge in [-0.2, -0.15) is 0 Å². The predicted octanol–water partition coefficient (Wildman–Crippen LogP) is 4.59. The fraction of sp³-hybridized carbons (Fsp3) is 0.250. The first-order valence-corrected chi connectivity index (χ1v) is 11.7. The topological polar surface area (TPSA) is 95.9 Å². The second-order valence-corrected chi connectivity index (χ2v) is 9.02. The van der Waals surface area contributed by atoms with Gasteiger partial charge < -0.3 is 20.1 Å². The van der Waals surface area contributed by atoms with Gasteiger partial charge in [0.25, 0.3) is 0 Å². The number of hydrogen-bond donors (Lipinski definition) is 2. The molecule has 2 amide bonds. The van der Waals surface area contributed by atoms with E-state index in [0.29, 0.717) is 13.0 Å². The quantitative estimate of drug-likeness (QED) is 0.549. The number of alkyl carbamates (subject to hydrolysis) is 1. The third kappa shape index (κ3) is 4.37. The number of ether oxygens (including phenoxy) is 1. The molecule has 1 heterocycles. The van der Waals surface area contributed by atoms with Gasteiger partial charge in [0, 0.05) is 30.6 Å². The first-order valence-electron chi connectivity index (χ1n) is 11.7. The molecule has 0 spiro atoms. The van der Waals surface area contributed by atoms with Crippen molar-refractivity contribution in [2.45, 2.75) is 31.7 Å². The van der Waals surface area contributed by atoms with Crippen LogP contribution in [0.25, 0.3) is 11.1 Å². The van der Waals surface area contributed by atoms with E-state index in [9.17, 15) is 19.5 Å². The summed E-state index contributed by atoms with van der Waals surface area (Å²) in [5.41, 5.74) is 6.40. The first kappa shape index (κ1) is 22.7. The number of aromatic carboxylic acids is 1. The Morgan fingerprint density at radius 3 is 2.34 bits per heavy atom. The van der Waals surface area contributed by atoms with Crippen molar-refractivity contribution in [3.8, 4) is 11.1 Å². The number of carboxylic acid groups (broad SMARTS) is 1. The molecule has 35 heavy (non-hydrogen) atoms. The molecule has 178 valence electrons. The Kier molecular flexibility index (Phi) is 5.99. The van der Waals surface area contributed by atoms with Gasteiger partial charge in [0.1, 0.15) is 6.61 Å². The molecule has 3 aromatic carbocycles. The van der Waals surface area contributed by atoms with Crippen LogP contribution in [0.5, 0.6) is 0 Å². The number of carbonyl (C=O) groups is 3. The summed E-state index contributed by atoms with van der Waals surface area (Å²) in [5, 5.41) is 11.9. The number of fused-ring (bicyclic) bond motifs is 4. The first-order chi connectivity index (χ1) is 16.9. The second kappa shape index (κ2) is 9.25. The van der Waals surface area contributed by atoms with Crippen LogP contribution in [0.3, 0.4) is 0 Å². The summed E-state index contributed by atoms with van der Waals surface area (Å²) < 4.78 is 5.58. The Balaban J connectivity index is 1.17. The lowest BCUT2D eigenvalue weighted by atomic mass is 9.98. The smallest absolute Gasteiger partial charge is 0.407 e. The van der Waals surface area contributed by atoms with Gasteiger partial charge >= 0.3 is 12.1 Å². The van der Waals surface area contributed by atoms with E-state index < -0.39 is 18.1 Å². The van der Waals surface area contributed by atoms with Crippen LogP contribution in [0.2, 0.25) is 0 Å². The molecule has 0 bridgehead atoms. The Bertz CT molecular complexity index is 1270. The van der Waals surface area contributed by atoms with Crippen LogP contribution in [-0.2, 0) is 16.0 Å². The van der Waals surface area contributed by atoms with Crippen LogP contribution < -0.4 is 10.2 Å². The van der Waals surface area contributed by atoms with E-state index in [1.54, 1.807) is 24.0 Å². The molecule has 3 aromatic rings. The predicted molar refractivity (Wildman–Crippen MR) is 132 cm³/mol. The molecule has 1 atom stereocenters.